The minimum atomic E-state index is -3.43. The van der Waals surface area contributed by atoms with Crippen LogP contribution in [0.2, 0.25) is 5.02 Å². The molecule has 168 valence electrons. The summed E-state index contributed by atoms with van der Waals surface area (Å²) in [5.74, 6) is 0.888. The zero-order chi connectivity index (χ0) is 22.3. The van der Waals surface area contributed by atoms with Crippen LogP contribution in [0.25, 0.3) is 0 Å². The molecule has 0 aromatic heterocycles. The molecule has 0 saturated carbocycles. The fourth-order valence-corrected chi connectivity index (χ4v) is 4.89. The van der Waals surface area contributed by atoms with E-state index in [-0.39, 0.29) is 17.4 Å². The maximum atomic E-state index is 12.5. The van der Waals surface area contributed by atoms with Crippen LogP contribution in [-0.2, 0) is 14.8 Å². The summed E-state index contributed by atoms with van der Waals surface area (Å²) in [6.45, 7) is 3.56. The molecule has 9 heteroatoms. The predicted octanol–water partition coefficient (Wildman–Crippen LogP) is 3.48. The lowest BCUT2D eigenvalue weighted by molar-refractivity contribution is -0.128. The lowest BCUT2D eigenvalue weighted by Crippen LogP contribution is -2.39. The van der Waals surface area contributed by atoms with Crippen molar-refractivity contribution in [2.24, 2.45) is 0 Å². The minimum Gasteiger partial charge on any atom is -0.492 e. The van der Waals surface area contributed by atoms with Gasteiger partial charge in [0.1, 0.15) is 18.1 Å². The molecular formula is C22H27ClN2O5S. The fourth-order valence-electron chi connectivity index (χ4n) is 3.24. The summed E-state index contributed by atoms with van der Waals surface area (Å²) in [6.07, 6.45) is 1.70. The van der Waals surface area contributed by atoms with Gasteiger partial charge >= 0.3 is 0 Å². The van der Waals surface area contributed by atoms with Crippen molar-refractivity contribution >= 4 is 27.5 Å². The zero-order valence-corrected chi connectivity index (χ0v) is 19.0. The van der Waals surface area contributed by atoms with E-state index in [2.05, 4.69) is 5.32 Å². The molecule has 1 amide bonds. The van der Waals surface area contributed by atoms with Gasteiger partial charge in [-0.05, 0) is 67.8 Å². The van der Waals surface area contributed by atoms with Crippen LogP contribution in [0, 0.1) is 0 Å². The number of rotatable bonds is 10. The van der Waals surface area contributed by atoms with Crippen LogP contribution >= 0.6 is 11.6 Å². The molecule has 2 aromatic carbocycles. The predicted molar refractivity (Wildman–Crippen MR) is 119 cm³/mol. The van der Waals surface area contributed by atoms with Gasteiger partial charge in [0.2, 0.25) is 10.0 Å². The van der Waals surface area contributed by atoms with E-state index in [1.165, 1.54) is 4.31 Å². The highest BCUT2D eigenvalue weighted by Gasteiger charge is 2.27. The Morgan fingerprint density at radius 3 is 2.29 bits per heavy atom. The van der Waals surface area contributed by atoms with Gasteiger partial charge in [-0.25, -0.2) is 8.42 Å². The SMILES string of the molecule is CCC(Oc1ccc(Cl)cc1)C(=O)NCCOc1ccc(S(=O)(=O)N2CCCC2)cc1. The van der Waals surface area contributed by atoms with Crippen molar-refractivity contribution in [2.45, 2.75) is 37.2 Å². The summed E-state index contributed by atoms with van der Waals surface area (Å²) in [6, 6.07) is 13.2. The second-order valence-electron chi connectivity index (χ2n) is 7.19. The summed E-state index contributed by atoms with van der Waals surface area (Å²) < 4.78 is 37.9. The number of carbonyl (C=O) groups is 1. The molecule has 1 heterocycles. The molecule has 31 heavy (non-hydrogen) atoms. The van der Waals surface area contributed by atoms with Gasteiger partial charge in [0, 0.05) is 18.1 Å². The van der Waals surface area contributed by atoms with E-state index in [1.807, 2.05) is 6.92 Å². The van der Waals surface area contributed by atoms with Gasteiger partial charge < -0.3 is 14.8 Å². The van der Waals surface area contributed by atoms with Crippen LogP contribution in [0.4, 0.5) is 0 Å². The standard InChI is InChI=1S/C22H27ClN2O5S/c1-2-21(30-19-7-5-17(23)6-8-19)22(26)24-13-16-29-18-9-11-20(12-10-18)31(27,28)25-14-3-4-15-25/h5-12,21H,2-4,13-16H2,1H3,(H,24,26). The van der Waals surface area contributed by atoms with E-state index in [9.17, 15) is 13.2 Å². The number of ether oxygens (including phenoxy) is 2. The Morgan fingerprint density at radius 2 is 1.68 bits per heavy atom. The number of hydrogen-bond donors (Lipinski definition) is 1. The third-order valence-corrected chi connectivity index (χ3v) is 7.12. The number of amides is 1. The van der Waals surface area contributed by atoms with E-state index in [4.69, 9.17) is 21.1 Å². The average molecular weight is 467 g/mol. The molecule has 1 aliphatic rings. The van der Waals surface area contributed by atoms with Crippen molar-refractivity contribution in [1.29, 1.82) is 0 Å². The van der Waals surface area contributed by atoms with Crippen molar-refractivity contribution in [3.63, 3.8) is 0 Å². The second-order valence-corrected chi connectivity index (χ2v) is 9.57. The van der Waals surface area contributed by atoms with Crippen molar-refractivity contribution in [3.05, 3.63) is 53.6 Å². The van der Waals surface area contributed by atoms with E-state index in [1.54, 1.807) is 48.5 Å². The first-order chi connectivity index (χ1) is 14.9. The molecule has 2 aromatic rings. The highest BCUT2D eigenvalue weighted by Crippen LogP contribution is 2.23. The summed E-state index contributed by atoms with van der Waals surface area (Å²) in [5.41, 5.74) is 0. The molecule has 0 radical (unpaired) electrons. The molecule has 1 unspecified atom stereocenters. The van der Waals surface area contributed by atoms with Crippen molar-refractivity contribution < 1.29 is 22.7 Å². The Bertz CT molecular complexity index is 958. The van der Waals surface area contributed by atoms with Gasteiger partial charge in [-0.2, -0.15) is 4.31 Å². The van der Waals surface area contributed by atoms with Gasteiger partial charge in [-0.1, -0.05) is 18.5 Å². The quantitative estimate of drug-likeness (QED) is 0.542. The molecule has 3 rings (SSSR count). The number of nitrogens with zero attached hydrogens (tertiary/aromatic N) is 1. The topological polar surface area (TPSA) is 84.9 Å². The smallest absolute Gasteiger partial charge is 0.261 e. The lowest BCUT2D eigenvalue weighted by atomic mass is 10.2. The first-order valence-corrected chi connectivity index (χ1v) is 12.1. The number of benzene rings is 2. The summed E-state index contributed by atoms with van der Waals surface area (Å²) in [4.78, 5) is 12.6. The van der Waals surface area contributed by atoms with Crippen LogP contribution in [-0.4, -0.2) is 51.0 Å². The van der Waals surface area contributed by atoms with Crippen LogP contribution in [0.15, 0.2) is 53.4 Å². The van der Waals surface area contributed by atoms with Crippen LogP contribution < -0.4 is 14.8 Å². The van der Waals surface area contributed by atoms with Crippen molar-refractivity contribution in [2.75, 3.05) is 26.2 Å². The zero-order valence-electron chi connectivity index (χ0n) is 17.4. The van der Waals surface area contributed by atoms with Crippen molar-refractivity contribution in [3.8, 4) is 11.5 Å². The Morgan fingerprint density at radius 1 is 1.06 bits per heavy atom. The normalized spacial score (nSPS) is 15.4. The fraction of sp³-hybridized carbons (Fsp3) is 0.409. The molecule has 0 spiro atoms. The molecule has 1 aliphatic heterocycles. The van der Waals surface area contributed by atoms with Crippen LogP contribution in [0.5, 0.6) is 11.5 Å². The van der Waals surface area contributed by atoms with Gasteiger partial charge in [0.15, 0.2) is 6.10 Å². The molecule has 7 nitrogen and oxygen atoms in total. The molecule has 1 N–H and O–H groups in total. The minimum absolute atomic E-state index is 0.229. The van der Waals surface area contributed by atoms with Crippen LogP contribution in [0.1, 0.15) is 26.2 Å². The average Bonchev–Trinajstić information content (AvgIpc) is 3.32. The highest BCUT2D eigenvalue weighted by atomic mass is 35.5. The Labute approximate surface area is 188 Å². The van der Waals surface area contributed by atoms with E-state index >= 15 is 0 Å². The highest BCUT2D eigenvalue weighted by molar-refractivity contribution is 7.89. The molecule has 1 saturated heterocycles. The van der Waals surface area contributed by atoms with Crippen LogP contribution in [0.3, 0.4) is 0 Å². The first-order valence-electron chi connectivity index (χ1n) is 10.3. The Hall–Kier alpha value is -2.29. The lowest BCUT2D eigenvalue weighted by Gasteiger charge is -2.17. The summed E-state index contributed by atoms with van der Waals surface area (Å²) in [7, 11) is -3.43. The number of halogens is 1. The largest absolute Gasteiger partial charge is 0.492 e. The third kappa shape index (κ3) is 6.35. The first kappa shape index (κ1) is 23.4. The molecule has 1 atom stereocenters. The molecular weight excluding hydrogens is 440 g/mol. The van der Waals surface area contributed by atoms with E-state index < -0.39 is 16.1 Å². The van der Waals surface area contributed by atoms with E-state index in [0.29, 0.717) is 42.6 Å². The van der Waals surface area contributed by atoms with Gasteiger partial charge in [-0.15, -0.1) is 0 Å². The number of nitrogens with one attached hydrogen (secondary N) is 1. The molecule has 1 fully saturated rings. The van der Waals surface area contributed by atoms with Gasteiger partial charge in [0.25, 0.3) is 5.91 Å². The maximum absolute atomic E-state index is 12.5. The Kier molecular flexibility index (Phi) is 8.17. The van der Waals surface area contributed by atoms with E-state index in [0.717, 1.165) is 12.8 Å². The van der Waals surface area contributed by atoms with Crippen molar-refractivity contribution in [1.82, 2.24) is 9.62 Å². The number of hydrogen-bond acceptors (Lipinski definition) is 5. The third-order valence-electron chi connectivity index (χ3n) is 4.95. The molecule has 0 bridgehead atoms. The number of carbonyl (C=O) groups excluding carboxylic acids is 1. The second kappa shape index (κ2) is 10.8. The molecule has 0 aliphatic carbocycles. The van der Waals surface area contributed by atoms with Gasteiger partial charge in [0.05, 0.1) is 11.4 Å². The number of sulfonamides is 1. The monoisotopic (exact) mass is 466 g/mol. The summed E-state index contributed by atoms with van der Waals surface area (Å²) >= 11 is 5.86. The Balaban J connectivity index is 1.44. The van der Waals surface area contributed by atoms with Gasteiger partial charge in [-0.3, -0.25) is 4.79 Å². The summed E-state index contributed by atoms with van der Waals surface area (Å²) in [5, 5.41) is 3.39. The maximum Gasteiger partial charge on any atom is 0.261 e.